The molecule has 110 valence electrons. The smallest absolute Gasteiger partial charge is 0.303 e. The Hall–Kier alpha value is -1.42. The summed E-state index contributed by atoms with van der Waals surface area (Å²) in [5, 5.41) is 11.0. The number of allylic oxidation sites excluding steroid dienone is 1. The fourth-order valence-corrected chi connectivity index (χ4v) is 3.34. The first-order chi connectivity index (χ1) is 9.25. The van der Waals surface area contributed by atoms with Gasteiger partial charge in [0.15, 0.2) is 11.9 Å². The molecule has 4 heteroatoms. The van der Waals surface area contributed by atoms with Crippen molar-refractivity contribution in [1.82, 2.24) is 0 Å². The van der Waals surface area contributed by atoms with E-state index in [9.17, 15) is 14.7 Å². The zero-order valence-electron chi connectivity index (χ0n) is 12.3. The van der Waals surface area contributed by atoms with Crippen LogP contribution in [-0.4, -0.2) is 28.6 Å². The Morgan fingerprint density at radius 2 is 2.15 bits per heavy atom. The summed E-state index contributed by atoms with van der Waals surface area (Å²) in [5.41, 5.74) is 0.747. The minimum atomic E-state index is -1.07. The monoisotopic (exact) mass is 278 g/mol. The largest absolute Gasteiger partial charge is 0.454 e. The van der Waals surface area contributed by atoms with Gasteiger partial charge in [0.05, 0.1) is 5.60 Å². The molecule has 2 aliphatic carbocycles. The average Bonchev–Trinajstić information content (AvgIpc) is 2.35. The third kappa shape index (κ3) is 2.44. The molecule has 0 aromatic heterocycles. The van der Waals surface area contributed by atoms with Gasteiger partial charge in [-0.05, 0) is 43.8 Å². The zero-order chi connectivity index (χ0) is 15.1. The van der Waals surface area contributed by atoms with Crippen LogP contribution >= 0.6 is 0 Å². The van der Waals surface area contributed by atoms with Crippen molar-refractivity contribution >= 4 is 11.8 Å². The van der Waals surface area contributed by atoms with Gasteiger partial charge in [-0.15, -0.1) is 0 Å². The number of carbonyl (C=O) groups is 2. The van der Waals surface area contributed by atoms with E-state index >= 15 is 0 Å². The fourth-order valence-electron chi connectivity index (χ4n) is 3.34. The molecule has 20 heavy (non-hydrogen) atoms. The standard InChI is InChI=1S/C16H22O4/c1-9(2)12-5-6-13-7-14(18)15(20-11(4)17)10(3)16(13,19)8-12/h7,10,12,15,19H,1,5-6,8H2,2-4H3. The Morgan fingerprint density at radius 1 is 1.50 bits per heavy atom. The van der Waals surface area contributed by atoms with Gasteiger partial charge in [0.1, 0.15) is 0 Å². The molecule has 2 rings (SSSR count). The summed E-state index contributed by atoms with van der Waals surface area (Å²) >= 11 is 0. The maximum absolute atomic E-state index is 12.1. The minimum absolute atomic E-state index is 0.221. The molecular weight excluding hydrogens is 256 g/mol. The summed E-state index contributed by atoms with van der Waals surface area (Å²) in [6.45, 7) is 8.99. The summed E-state index contributed by atoms with van der Waals surface area (Å²) in [6, 6.07) is 0. The van der Waals surface area contributed by atoms with Gasteiger partial charge in [-0.3, -0.25) is 9.59 Å². The Labute approximate surface area is 119 Å². The molecular formula is C16H22O4. The zero-order valence-corrected chi connectivity index (χ0v) is 12.3. The third-order valence-electron chi connectivity index (χ3n) is 4.67. The van der Waals surface area contributed by atoms with Gasteiger partial charge in [-0.2, -0.15) is 0 Å². The van der Waals surface area contributed by atoms with E-state index in [0.29, 0.717) is 12.8 Å². The number of carbonyl (C=O) groups excluding carboxylic acids is 2. The van der Waals surface area contributed by atoms with Crippen LogP contribution in [0, 0.1) is 11.8 Å². The van der Waals surface area contributed by atoms with E-state index in [1.807, 2.05) is 6.92 Å². The van der Waals surface area contributed by atoms with Crippen molar-refractivity contribution in [3.8, 4) is 0 Å². The lowest BCUT2D eigenvalue weighted by molar-refractivity contribution is -0.163. The fraction of sp³-hybridized carbons (Fsp3) is 0.625. The van der Waals surface area contributed by atoms with Crippen LogP contribution in [0.4, 0.5) is 0 Å². The molecule has 0 amide bonds. The lowest BCUT2D eigenvalue weighted by atomic mass is 9.63. The van der Waals surface area contributed by atoms with Crippen LogP contribution in [0.1, 0.15) is 40.0 Å². The normalized spacial score (nSPS) is 36.9. The van der Waals surface area contributed by atoms with Gasteiger partial charge in [-0.25, -0.2) is 0 Å². The van der Waals surface area contributed by atoms with Gasteiger partial charge in [0.2, 0.25) is 0 Å². The summed E-state index contributed by atoms with van der Waals surface area (Å²) in [4.78, 5) is 23.2. The average molecular weight is 278 g/mol. The second kappa shape index (κ2) is 5.17. The van der Waals surface area contributed by atoms with Crippen LogP contribution in [0.3, 0.4) is 0 Å². The van der Waals surface area contributed by atoms with E-state index in [0.717, 1.165) is 17.6 Å². The highest BCUT2D eigenvalue weighted by molar-refractivity contribution is 5.97. The van der Waals surface area contributed by atoms with Crippen LogP contribution in [0.5, 0.6) is 0 Å². The van der Waals surface area contributed by atoms with Crippen LogP contribution < -0.4 is 0 Å². The van der Waals surface area contributed by atoms with Crippen LogP contribution in [-0.2, 0) is 14.3 Å². The number of fused-ring (bicyclic) bond motifs is 1. The molecule has 0 aromatic carbocycles. The maximum Gasteiger partial charge on any atom is 0.303 e. The molecule has 0 saturated heterocycles. The van der Waals surface area contributed by atoms with Crippen molar-refractivity contribution in [3.05, 3.63) is 23.8 Å². The number of esters is 1. The molecule has 4 atom stereocenters. The van der Waals surface area contributed by atoms with Gasteiger partial charge < -0.3 is 9.84 Å². The van der Waals surface area contributed by atoms with Crippen molar-refractivity contribution < 1.29 is 19.4 Å². The van der Waals surface area contributed by atoms with Crippen LogP contribution in [0.25, 0.3) is 0 Å². The van der Waals surface area contributed by atoms with Crippen LogP contribution in [0.15, 0.2) is 23.8 Å². The Bertz CT molecular complexity index is 491. The van der Waals surface area contributed by atoms with E-state index in [2.05, 4.69) is 6.58 Å². The summed E-state index contributed by atoms with van der Waals surface area (Å²) < 4.78 is 5.11. The molecule has 4 unspecified atom stereocenters. The first-order valence-corrected chi connectivity index (χ1v) is 7.05. The van der Waals surface area contributed by atoms with Crippen molar-refractivity contribution in [2.24, 2.45) is 11.8 Å². The third-order valence-corrected chi connectivity index (χ3v) is 4.67. The highest BCUT2D eigenvalue weighted by atomic mass is 16.5. The second-order valence-corrected chi connectivity index (χ2v) is 6.10. The van der Waals surface area contributed by atoms with E-state index in [1.54, 1.807) is 6.92 Å². The first kappa shape index (κ1) is 15.0. The Balaban J connectivity index is 2.33. The van der Waals surface area contributed by atoms with Gasteiger partial charge in [-0.1, -0.05) is 19.1 Å². The molecule has 0 aromatic rings. The molecule has 1 saturated carbocycles. The first-order valence-electron chi connectivity index (χ1n) is 7.05. The number of hydrogen-bond acceptors (Lipinski definition) is 4. The topological polar surface area (TPSA) is 63.6 Å². The van der Waals surface area contributed by atoms with Gasteiger partial charge in [0.25, 0.3) is 0 Å². The molecule has 0 spiro atoms. The predicted octanol–water partition coefficient (Wildman–Crippen LogP) is 2.17. The minimum Gasteiger partial charge on any atom is -0.454 e. The number of aliphatic hydroxyl groups is 1. The Kier molecular flexibility index (Phi) is 3.87. The number of hydrogen-bond donors (Lipinski definition) is 1. The van der Waals surface area contributed by atoms with E-state index < -0.39 is 23.6 Å². The number of ether oxygens (including phenoxy) is 1. The van der Waals surface area contributed by atoms with E-state index in [1.165, 1.54) is 13.0 Å². The quantitative estimate of drug-likeness (QED) is 0.621. The number of ketones is 1. The molecule has 1 N–H and O–H groups in total. The van der Waals surface area contributed by atoms with Crippen molar-refractivity contribution in [2.75, 3.05) is 0 Å². The molecule has 2 aliphatic rings. The number of rotatable bonds is 2. The van der Waals surface area contributed by atoms with Gasteiger partial charge >= 0.3 is 5.97 Å². The summed E-state index contributed by atoms with van der Waals surface area (Å²) in [7, 11) is 0. The van der Waals surface area contributed by atoms with Crippen molar-refractivity contribution in [1.29, 1.82) is 0 Å². The van der Waals surface area contributed by atoms with Crippen molar-refractivity contribution in [2.45, 2.75) is 51.7 Å². The molecule has 0 bridgehead atoms. The molecule has 4 nitrogen and oxygen atoms in total. The van der Waals surface area contributed by atoms with Crippen molar-refractivity contribution in [3.63, 3.8) is 0 Å². The molecule has 0 radical (unpaired) electrons. The summed E-state index contributed by atoms with van der Waals surface area (Å²) in [5.74, 6) is -0.907. The SMILES string of the molecule is C=C(C)C1CCC2=CC(=O)C(OC(C)=O)C(C)C2(O)C1. The van der Waals surface area contributed by atoms with E-state index in [4.69, 9.17) is 4.74 Å². The van der Waals surface area contributed by atoms with Gasteiger partial charge in [0, 0.05) is 12.8 Å². The highest BCUT2D eigenvalue weighted by Crippen LogP contribution is 2.47. The Morgan fingerprint density at radius 3 is 2.70 bits per heavy atom. The molecule has 0 heterocycles. The maximum atomic E-state index is 12.1. The lowest BCUT2D eigenvalue weighted by Crippen LogP contribution is -2.54. The summed E-state index contributed by atoms with van der Waals surface area (Å²) in [6.07, 6.45) is 2.73. The highest BCUT2D eigenvalue weighted by Gasteiger charge is 2.51. The predicted molar refractivity (Wildman–Crippen MR) is 74.9 cm³/mol. The molecule has 0 aliphatic heterocycles. The van der Waals surface area contributed by atoms with E-state index in [-0.39, 0.29) is 11.7 Å². The second-order valence-electron chi connectivity index (χ2n) is 6.10. The van der Waals surface area contributed by atoms with Crippen LogP contribution in [0.2, 0.25) is 0 Å². The molecule has 1 fully saturated rings. The lowest BCUT2D eigenvalue weighted by Gasteiger charge is -2.47.